The number of alkyl halides is 1. The van der Waals surface area contributed by atoms with Crippen LogP contribution in [0.2, 0.25) is 0 Å². The topological polar surface area (TPSA) is 18.5 Å². The van der Waals surface area contributed by atoms with E-state index in [1.807, 2.05) is 39.8 Å². The summed E-state index contributed by atoms with van der Waals surface area (Å²) in [6.07, 6.45) is 2.34. The van der Waals surface area contributed by atoms with Crippen LogP contribution >= 0.6 is 0 Å². The summed E-state index contributed by atoms with van der Waals surface area (Å²) in [5, 5.41) is 0. The molecule has 1 aromatic carbocycles. The molecule has 114 valence electrons. The predicted molar refractivity (Wildman–Crippen MR) is 83.6 cm³/mol. The summed E-state index contributed by atoms with van der Waals surface area (Å²) in [6, 6.07) is 5.99. The van der Waals surface area contributed by atoms with Crippen LogP contribution in [-0.2, 0) is 21.4 Å². The largest absolute Gasteiger partial charge is 0.494 e. The molecule has 3 rings (SSSR count). The van der Waals surface area contributed by atoms with Crippen molar-refractivity contribution in [2.24, 2.45) is 0 Å². The molecule has 0 bridgehead atoms. The molecule has 1 aliphatic heterocycles. The van der Waals surface area contributed by atoms with E-state index in [0.29, 0.717) is 5.56 Å². The first kappa shape index (κ1) is 15.0. The lowest BCUT2D eigenvalue weighted by Gasteiger charge is -2.32. The van der Waals surface area contributed by atoms with Crippen LogP contribution in [-0.4, -0.2) is 18.3 Å². The fraction of sp³-hybridized carbons (Fsp3) is 0.647. The molecule has 0 N–H and O–H groups in total. The molecule has 0 spiro atoms. The number of halogens is 1. The maximum atomic E-state index is 13.2. The summed E-state index contributed by atoms with van der Waals surface area (Å²) in [4.78, 5) is 0. The zero-order valence-corrected chi connectivity index (χ0v) is 13.6. The Morgan fingerprint density at radius 1 is 1.00 bits per heavy atom. The Kier molecular flexibility index (Phi) is 3.27. The van der Waals surface area contributed by atoms with E-state index in [9.17, 15) is 4.39 Å². The molecule has 21 heavy (non-hydrogen) atoms. The molecule has 1 heterocycles. The molecule has 2 nitrogen and oxygen atoms in total. The molecule has 0 unspecified atom stereocenters. The Morgan fingerprint density at radius 2 is 1.57 bits per heavy atom. The maximum absolute atomic E-state index is 13.2. The highest BCUT2D eigenvalue weighted by atomic mass is 19.1. The third-order valence-electron chi connectivity index (χ3n) is 5.39. The number of hydrogen-bond acceptors (Lipinski definition) is 2. The first-order valence-corrected chi connectivity index (χ1v) is 7.73. The zero-order valence-electron chi connectivity index (χ0n) is 13.6. The smallest absolute Gasteiger partial charge is 0.399 e. The van der Waals surface area contributed by atoms with Crippen LogP contribution in [0.3, 0.4) is 0 Å². The van der Waals surface area contributed by atoms with Gasteiger partial charge in [0.25, 0.3) is 0 Å². The van der Waals surface area contributed by atoms with Gasteiger partial charge >= 0.3 is 7.12 Å². The summed E-state index contributed by atoms with van der Waals surface area (Å²) in [5.74, 6) is 0. The van der Waals surface area contributed by atoms with Gasteiger partial charge in [0, 0.05) is 0 Å². The standard InChI is InChI=1S/C17H24BFO2/c1-15(2)16(3,4)21-18(20-15)14-9-12(11-19)8-13(10-14)17(5)6-7-17/h8-10H,6-7,11H2,1-5H3. The summed E-state index contributed by atoms with van der Waals surface area (Å²) < 4.78 is 25.4. The molecule has 0 radical (unpaired) electrons. The van der Waals surface area contributed by atoms with E-state index in [0.717, 1.165) is 5.46 Å². The van der Waals surface area contributed by atoms with Crippen LogP contribution in [0.4, 0.5) is 4.39 Å². The minimum atomic E-state index is -0.448. The first-order chi connectivity index (χ1) is 9.67. The third-order valence-corrected chi connectivity index (χ3v) is 5.39. The van der Waals surface area contributed by atoms with E-state index in [1.54, 1.807) is 0 Å². The Morgan fingerprint density at radius 3 is 2.05 bits per heavy atom. The van der Waals surface area contributed by atoms with Crippen molar-refractivity contribution in [3.05, 3.63) is 29.3 Å². The van der Waals surface area contributed by atoms with E-state index >= 15 is 0 Å². The van der Waals surface area contributed by atoms with Crippen LogP contribution in [0.5, 0.6) is 0 Å². The number of benzene rings is 1. The molecule has 2 aliphatic rings. The van der Waals surface area contributed by atoms with Crippen LogP contribution in [0.1, 0.15) is 58.6 Å². The van der Waals surface area contributed by atoms with E-state index in [1.165, 1.54) is 18.4 Å². The summed E-state index contributed by atoms with van der Waals surface area (Å²) in [5.41, 5.74) is 2.34. The van der Waals surface area contributed by atoms with Gasteiger partial charge in [-0.3, -0.25) is 0 Å². The van der Waals surface area contributed by atoms with Crippen molar-refractivity contribution in [2.45, 2.75) is 70.8 Å². The van der Waals surface area contributed by atoms with E-state index in [2.05, 4.69) is 13.0 Å². The van der Waals surface area contributed by atoms with Gasteiger partial charge in [-0.05, 0) is 62.5 Å². The minimum Gasteiger partial charge on any atom is -0.399 e. The van der Waals surface area contributed by atoms with Crippen LogP contribution in [0.15, 0.2) is 18.2 Å². The molecule has 2 fully saturated rings. The Bertz CT molecular complexity index is 548. The minimum absolute atomic E-state index is 0.212. The van der Waals surface area contributed by atoms with Gasteiger partial charge in [0.2, 0.25) is 0 Å². The Hall–Kier alpha value is -0.865. The maximum Gasteiger partial charge on any atom is 0.494 e. The Balaban J connectivity index is 1.96. The van der Waals surface area contributed by atoms with Crippen LogP contribution in [0, 0.1) is 0 Å². The van der Waals surface area contributed by atoms with Gasteiger partial charge in [-0.25, -0.2) is 4.39 Å². The summed E-state index contributed by atoms with van der Waals surface area (Å²) in [6.45, 7) is 9.93. The second-order valence-electron chi connectivity index (χ2n) is 7.75. The van der Waals surface area contributed by atoms with Crippen molar-refractivity contribution in [1.82, 2.24) is 0 Å². The molecule has 0 atom stereocenters. The molecule has 4 heteroatoms. The van der Waals surface area contributed by atoms with Crippen molar-refractivity contribution in [3.63, 3.8) is 0 Å². The monoisotopic (exact) mass is 290 g/mol. The van der Waals surface area contributed by atoms with Crippen LogP contribution in [0.25, 0.3) is 0 Å². The highest BCUT2D eigenvalue weighted by Gasteiger charge is 2.52. The first-order valence-electron chi connectivity index (χ1n) is 7.73. The fourth-order valence-electron chi connectivity index (χ4n) is 2.74. The Labute approximate surface area is 127 Å². The van der Waals surface area contributed by atoms with Gasteiger partial charge in [0.1, 0.15) is 6.67 Å². The molecule has 0 amide bonds. The van der Waals surface area contributed by atoms with Crippen molar-refractivity contribution >= 4 is 12.6 Å². The molecule has 1 saturated carbocycles. The van der Waals surface area contributed by atoms with Gasteiger partial charge in [-0.2, -0.15) is 0 Å². The van der Waals surface area contributed by atoms with Gasteiger partial charge < -0.3 is 9.31 Å². The SMILES string of the molecule is CC1(c2cc(CF)cc(B3OC(C)(C)C(C)(C)O3)c2)CC1. The number of rotatable bonds is 3. The normalized spacial score (nSPS) is 25.1. The highest BCUT2D eigenvalue weighted by Crippen LogP contribution is 2.47. The van der Waals surface area contributed by atoms with E-state index in [4.69, 9.17) is 9.31 Å². The molecular weight excluding hydrogens is 266 g/mol. The van der Waals surface area contributed by atoms with Gasteiger partial charge in [0.05, 0.1) is 11.2 Å². The average Bonchev–Trinajstić information content (AvgIpc) is 3.11. The molecule has 1 aromatic rings. The molecule has 1 aliphatic carbocycles. The third kappa shape index (κ3) is 2.53. The van der Waals surface area contributed by atoms with E-state index in [-0.39, 0.29) is 16.6 Å². The lowest BCUT2D eigenvalue weighted by Crippen LogP contribution is -2.41. The van der Waals surface area contributed by atoms with Crippen molar-refractivity contribution in [2.75, 3.05) is 0 Å². The molecular formula is C17H24BFO2. The molecule has 1 saturated heterocycles. The lowest BCUT2D eigenvalue weighted by molar-refractivity contribution is 0.00578. The highest BCUT2D eigenvalue weighted by molar-refractivity contribution is 6.62. The quantitative estimate of drug-likeness (QED) is 0.793. The van der Waals surface area contributed by atoms with Gasteiger partial charge in [-0.15, -0.1) is 0 Å². The van der Waals surface area contributed by atoms with E-state index < -0.39 is 13.8 Å². The second-order valence-corrected chi connectivity index (χ2v) is 7.75. The van der Waals surface area contributed by atoms with Crippen molar-refractivity contribution < 1.29 is 13.7 Å². The van der Waals surface area contributed by atoms with Crippen LogP contribution < -0.4 is 5.46 Å². The number of hydrogen-bond donors (Lipinski definition) is 0. The predicted octanol–water partition coefficient (Wildman–Crippen LogP) is 3.51. The average molecular weight is 290 g/mol. The van der Waals surface area contributed by atoms with Gasteiger partial charge in [-0.1, -0.05) is 25.1 Å². The summed E-state index contributed by atoms with van der Waals surface area (Å²) in [7, 11) is -0.414. The fourth-order valence-corrected chi connectivity index (χ4v) is 2.74. The van der Waals surface area contributed by atoms with Crippen molar-refractivity contribution in [1.29, 1.82) is 0 Å². The second kappa shape index (κ2) is 4.56. The van der Waals surface area contributed by atoms with Gasteiger partial charge in [0.15, 0.2) is 0 Å². The zero-order chi connectivity index (χ0) is 15.5. The summed E-state index contributed by atoms with van der Waals surface area (Å²) >= 11 is 0. The van der Waals surface area contributed by atoms with Crippen molar-refractivity contribution in [3.8, 4) is 0 Å². The molecule has 0 aromatic heterocycles. The lowest BCUT2D eigenvalue weighted by atomic mass is 9.76.